The highest BCUT2D eigenvalue weighted by Crippen LogP contribution is 2.10. The fraction of sp³-hybridized carbons (Fsp3) is 0.278. The minimum atomic E-state index is -0.979. The van der Waals surface area contributed by atoms with Gasteiger partial charge in [0.15, 0.2) is 0 Å². The van der Waals surface area contributed by atoms with Crippen LogP contribution in [0.2, 0.25) is 0 Å². The second-order valence-electron chi connectivity index (χ2n) is 5.31. The molecule has 0 radical (unpaired) electrons. The minimum absolute atomic E-state index is 0.0639. The summed E-state index contributed by atoms with van der Waals surface area (Å²) >= 11 is 0. The number of carbonyl (C=O) groups is 1. The molecule has 0 saturated carbocycles. The molecule has 0 unspecified atom stereocenters. The quantitative estimate of drug-likeness (QED) is 0.820. The lowest BCUT2D eigenvalue weighted by Gasteiger charge is -2.15. The standard InChI is InChI=1S/C18H22N2O2S/c1-15(17-10-6-3-7-11-17)20-18(21)19-12-13-23(22)14-16-8-4-2-5-9-16/h2-11,15H,12-14H2,1H3,(H2,19,20,21)/t15-,23-/m0/s1. The van der Waals surface area contributed by atoms with E-state index in [1.165, 1.54) is 0 Å². The van der Waals surface area contributed by atoms with E-state index in [0.29, 0.717) is 18.1 Å². The van der Waals surface area contributed by atoms with Gasteiger partial charge in [-0.05, 0) is 18.1 Å². The van der Waals surface area contributed by atoms with Crippen LogP contribution in [0.25, 0.3) is 0 Å². The van der Waals surface area contributed by atoms with Crippen molar-refractivity contribution in [1.29, 1.82) is 0 Å². The van der Waals surface area contributed by atoms with Gasteiger partial charge in [-0.1, -0.05) is 60.7 Å². The number of amides is 2. The third-order valence-corrected chi connectivity index (χ3v) is 4.75. The van der Waals surface area contributed by atoms with Crippen LogP contribution in [0.5, 0.6) is 0 Å². The average molecular weight is 330 g/mol. The molecule has 0 bridgehead atoms. The summed E-state index contributed by atoms with van der Waals surface area (Å²) in [5.74, 6) is 0.965. The van der Waals surface area contributed by atoms with Gasteiger partial charge in [-0.25, -0.2) is 4.79 Å². The Bertz CT molecular complexity index is 632. The summed E-state index contributed by atoms with van der Waals surface area (Å²) in [5.41, 5.74) is 2.10. The van der Waals surface area contributed by atoms with E-state index in [9.17, 15) is 9.00 Å². The maximum Gasteiger partial charge on any atom is 0.315 e. The first-order valence-electron chi connectivity index (χ1n) is 7.63. The Hall–Kier alpha value is -2.14. The molecule has 2 aromatic rings. The van der Waals surface area contributed by atoms with Crippen LogP contribution in [0.15, 0.2) is 60.7 Å². The van der Waals surface area contributed by atoms with Crippen molar-refractivity contribution in [3.05, 3.63) is 71.8 Å². The predicted octanol–water partition coefficient (Wildman–Crippen LogP) is 3.00. The van der Waals surface area contributed by atoms with E-state index in [0.717, 1.165) is 11.1 Å². The highest BCUT2D eigenvalue weighted by molar-refractivity contribution is 7.84. The van der Waals surface area contributed by atoms with E-state index in [4.69, 9.17) is 0 Å². The highest BCUT2D eigenvalue weighted by atomic mass is 32.2. The third kappa shape index (κ3) is 6.24. The van der Waals surface area contributed by atoms with Crippen LogP contribution >= 0.6 is 0 Å². The number of nitrogens with one attached hydrogen (secondary N) is 2. The second-order valence-corrected chi connectivity index (χ2v) is 6.88. The molecule has 0 aromatic heterocycles. The molecule has 122 valence electrons. The number of hydrogen-bond acceptors (Lipinski definition) is 2. The maximum atomic E-state index is 12.0. The summed E-state index contributed by atoms with van der Waals surface area (Å²) in [6.07, 6.45) is 0. The van der Waals surface area contributed by atoms with Crippen molar-refractivity contribution < 1.29 is 9.00 Å². The third-order valence-electron chi connectivity index (χ3n) is 3.43. The molecule has 2 rings (SSSR count). The molecule has 2 atom stereocenters. The van der Waals surface area contributed by atoms with Gasteiger partial charge < -0.3 is 10.6 Å². The zero-order chi connectivity index (χ0) is 16.5. The van der Waals surface area contributed by atoms with Crippen LogP contribution in [0.4, 0.5) is 4.79 Å². The Morgan fingerprint density at radius 2 is 1.65 bits per heavy atom. The fourth-order valence-corrected chi connectivity index (χ4v) is 3.22. The summed E-state index contributed by atoms with van der Waals surface area (Å²) < 4.78 is 12.0. The molecule has 0 aliphatic rings. The first kappa shape index (κ1) is 17.2. The average Bonchev–Trinajstić information content (AvgIpc) is 2.56. The minimum Gasteiger partial charge on any atom is -0.337 e. The summed E-state index contributed by atoms with van der Waals surface area (Å²) in [6, 6.07) is 19.2. The van der Waals surface area contributed by atoms with Gasteiger partial charge in [0.2, 0.25) is 0 Å². The Morgan fingerprint density at radius 3 is 2.30 bits per heavy atom. The van der Waals surface area contributed by atoms with Crippen LogP contribution in [0, 0.1) is 0 Å². The smallest absolute Gasteiger partial charge is 0.315 e. The van der Waals surface area contributed by atoms with Gasteiger partial charge in [-0.3, -0.25) is 4.21 Å². The number of urea groups is 1. The van der Waals surface area contributed by atoms with Crippen molar-refractivity contribution in [3.8, 4) is 0 Å². The van der Waals surface area contributed by atoms with E-state index in [1.54, 1.807) is 0 Å². The molecule has 5 heteroatoms. The van der Waals surface area contributed by atoms with Gasteiger partial charge in [-0.2, -0.15) is 0 Å². The van der Waals surface area contributed by atoms with Gasteiger partial charge >= 0.3 is 6.03 Å². The monoisotopic (exact) mass is 330 g/mol. The normalized spacial score (nSPS) is 13.1. The van der Waals surface area contributed by atoms with E-state index in [-0.39, 0.29) is 12.1 Å². The zero-order valence-corrected chi connectivity index (χ0v) is 14.0. The Labute approximate surface area is 139 Å². The molecule has 0 aliphatic carbocycles. The van der Waals surface area contributed by atoms with Gasteiger partial charge in [0.1, 0.15) is 0 Å². The number of rotatable bonds is 7. The maximum absolute atomic E-state index is 12.0. The Morgan fingerprint density at radius 1 is 1.04 bits per heavy atom. The SMILES string of the molecule is C[C@H](NC(=O)NCC[S@](=O)Cc1ccccc1)c1ccccc1. The van der Waals surface area contributed by atoms with Gasteiger partial charge in [-0.15, -0.1) is 0 Å². The number of carbonyl (C=O) groups excluding carboxylic acids is 1. The molecule has 0 saturated heterocycles. The lowest BCUT2D eigenvalue weighted by Crippen LogP contribution is -2.38. The number of benzene rings is 2. The molecule has 0 heterocycles. The van der Waals surface area contributed by atoms with Gasteiger partial charge in [0, 0.05) is 28.9 Å². The predicted molar refractivity (Wildman–Crippen MR) is 94.5 cm³/mol. The van der Waals surface area contributed by atoms with Crippen molar-refractivity contribution in [2.24, 2.45) is 0 Å². The van der Waals surface area contributed by atoms with Crippen LogP contribution in [0.1, 0.15) is 24.1 Å². The van der Waals surface area contributed by atoms with Crippen molar-refractivity contribution in [2.45, 2.75) is 18.7 Å². The van der Waals surface area contributed by atoms with Gasteiger partial charge in [0.25, 0.3) is 0 Å². The Kier molecular flexibility index (Phi) is 6.81. The lowest BCUT2D eigenvalue weighted by atomic mass is 10.1. The van der Waals surface area contributed by atoms with Crippen LogP contribution in [-0.4, -0.2) is 22.5 Å². The molecule has 0 fully saturated rings. The molecule has 2 amide bonds. The fourth-order valence-electron chi connectivity index (χ4n) is 2.18. The largest absolute Gasteiger partial charge is 0.337 e. The molecular weight excluding hydrogens is 308 g/mol. The number of hydrogen-bond donors (Lipinski definition) is 2. The summed E-state index contributed by atoms with van der Waals surface area (Å²) in [7, 11) is -0.979. The summed E-state index contributed by atoms with van der Waals surface area (Å²) in [5, 5.41) is 5.63. The molecule has 0 spiro atoms. The molecule has 4 nitrogen and oxygen atoms in total. The van der Waals surface area contributed by atoms with Crippen LogP contribution in [0.3, 0.4) is 0 Å². The summed E-state index contributed by atoms with van der Waals surface area (Å²) in [4.78, 5) is 11.8. The van der Waals surface area contributed by atoms with E-state index in [1.807, 2.05) is 67.6 Å². The molecular formula is C18H22N2O2S. The van der Waals surface area contributed by atoms with Crippen molar-refractivity contribution in [2.75, 3.05) is 12.3 Å². The lowest BCUT2D eigenvalue weighted by molar-refractivity contribution is 0.238. The van der Waals surface area contributed by atoms with E-state index < -0.39 is 10.8 Å². The second kappa shape index (κ2) is 9.10. The van der Waals surface area contributed by atoms with Crippen molar-refractivity contribution in [3.63, 3.8) is 0 Å². The first-order chi connectivity index (χ1) is 11.1. The zero-order valence-electron chi connectivity index (χ0n) is 13.2. The van der Waals surface area contributed by atoms with E-state index in [2.05, 4.69) is 10.6 Å². The molecule has 2 aromatic carbocycles. The topological polar surface area (TPSA) is 58.2 Å². The molecule has 2 N–H and O–H groups in total. The van der Waals surface area contributed by atoms with E-state index >= 15 is 0 Å². The summed E-state index contributed by atoms with van der Waals surface area (Å²) in [6.45, 7) is 2.33. The molecule has 0 aliphatic heterocycles. The van der Waals surface area contributed by atoms with Crippen molar-refractivity contribution in [1.82, 2.24) is 10.6 Å². The Balaban J connectivity index is 1.67. The first-order valence-corrected chi connectivity index (χ1v) is 9.12. The highest BCUT2D eigenvalue weighted by Gasteiger charge is 2.09. The molecule has 23 heavy (non-hydrogen) atoms. The van der Waals surface area contributed by atoms with Crippen LogP contribution < -0.4 is 10.6 Å². The van der Waals surface area contributed by atoms with Gasteiger partial charge in [0.05, 0.1) is 6.04 Å². The van der Waals surface area contributed by atoms with Crippen molar-refractivity contribution >= 4 is 16.8 Å². The van der Waals surface area contributed by atoms with Crippen LogP contribution in [-0.2, 0) is 16.6 Å².